The fourth-order valence-corrected chi connectivity index (χ4v) is 8.66. The van der Waals surface area contributed by atoms with Gasteiger partial charge in [0, 0.05) is 31.6 Å². The summed E-state index contributed by atoms with van der Waals surface area (Å²) < 4.78 is 29.8. The van der Waals surface area contributed by atoms with Gasteiger partial charge in [0.05, 0.1) is 29.6 Å². The molecule has 5 rings (SSSR count). The summed E-state index contributed by atoms with van der Waals surface area (Å²) in [7, 11) is 1.37. The molecule has 13 heteroatoms. The SMILES string of the molecule is CCSC(=O)O[C@H]1C(=O)[C@]2(C)[C@@H](OC)C[C@H]3OC[C@@]3(OC(C)=O)[C@H]2[C@H](OC(=O)c2ccccc2)[C@]2(O)[C@@H](O)C(=O)C(C)=C1C2(C)C. The molecule has 0 spiro atoms. The van der Waals surface area contributed by atoms with E-state index in [1.54, 1.807) is 25.1 Å². The van der Waals surface area contributed by atoms with E-state index in [1.807, 2.05) is 0 Å². The number of esters is 2. The van der Waals surface area contributed by atoms with Crippen molar-refractivity contribution in [2.24, 2.45) is 16.7 Å². The number of benzene rings is 1. The van der Waals surface area contributed by atoms with Gasteiger partial charge in [0.2, 0.25) is 0 Å². The van der Waals surface area contributed by atoms with Crippen LogP contribution in [0.4, 0.5) is 4.79 Å². The highest BCUT2D eigenvalue weighted by Crippen LogP contribution is 2.64. The Morgan fingerprint density at radius 1 is 1.09 bits per heavy atom. The van der Waals surface area contributed by atoms with Crippen molar-refractivity contribution in [3.05, 3.63) is 47.0 Å². The lowest BCUT2D eigenvalue weighted by atomic mass is 9.44. The Balaban J connectivity index is 1.88. The first-order chi connectivity index (χ1) is 21.5. The predicted octanol–water partition coefficient (Wildman–Crippen LogP) is 2.81. The Morgan fingerprint density at radius 2 is 1.74 bits per heavy atom. The van der Waals surface area contributed by atoms with E-state index in [9.17, 15) is 29.4 Å². The number of hydrogen-bond acceptors (Lipinski definition) is 13. The topological polar surface area (TPSA) is 172 Å². The van der Waals surface area contributed by atoms with Crippen LogP contribution in [0.15, 0.2) is 41.5 Å². The minimum absolute atomic E-state index is 0.0378. The van der Waals surface area contributed by atoms with Gasteiger partial charge in [-0.1, -0.05) is 39.0 Å². The number of thioether (sulfide) groups is 1. The fourth-order valence-electron chi connectivity index (χ4n) is 8.26. The molecule has 9 atom stereocenters. The van der Waals surface area contributed by atoms with Crippen LogP contribution in [0.5, 0.6) is 0 Å². The first-order valence-electron chi connectivity index (χ1n) is 15.2. The summed E-state index contributed by atoms with van der Waals surface area (Å²) in [6.45, 7) is 8.53. The third-order valence-electron chi connectivity index (χ3n) is 10.5. The van der Waals surface area contributed by atoms with E-state index in [1.165, 1.54) is 53.9 Å². The Hall–Kier alpha value is -3.10. The highest BCUT2D eigenvalue weighted by atomic mass is 32.2. The van der Waals surface area contributed by atoms with Gasteiger partial charge >= 0.3 is 17.2 Å². The molecular formula is C33H40O12S. The molecule has 3 fully saturated rings. The van der Waals surface area contributed by atoms with E-state index in [-0.39, 0.29) is 29.7 Å². The zero-order chi connectivity index (χ0) is 34.0. The van der Waals surface area contributed by atoms with Crippen molar-refractivity contribution < 1.29 is 57.9 Å². The average molecular weight is 661 g/mol. The van der Waals surface area contributed by atoms with Crippen molar-refractivity contribution in [1.82, 2.24) is 0 Å². The second-order valence-electron chi connectivity index (χ2n) is 13.1. The molecule has 12 nitrogen and oxygen atoms in total. The van der Waals surface area contributed by atoms with Gasteiger partial charge in [-0.25, -0.2) is 9.59 Å². The number of hydrogen-bond donors (Lipinski definition) is 2. The summed E-state index contributed by atoms with van der Waals surface area (Å²) in [5, 5.41) is 24.0. The van der Waals surface area contributed by atoms with Gasteiger partial charge in [0.1, 0.15) is 23.9 Å². The number of ketones is 2. The molecule has 3 aliphatic carbocycles. The third-order valence-corrected chi connectivity index (χ3v) is 11.2. The van der Waals surface area contributed by atoms with Crippen LogP contribution < -0.4 is 0 Å². The van der Waals surface area contributed by atoms with Gasteiger partial charge < -0.3 is 33.9 Å². The van der Waals surface area contributed by atoms with E-state index in [2.05, 4.69) is 0 Å². The molecule has 2 saturated carbocycles. The fraction of sp³-hybridized carbons (Fsp3) is 0.606. The zero-order valence-corrected chi connectivity index (χ0v) is 27.7. The summed E-state index contributed by atoms with van der Waals surface area (Å²) in [6, 6.07) is 7.88. The standard InChI is InChI=1S/C33H40O12S/c1-8-46-29(39)43-23-21-16(2)22(35)25(36)33(40,30(21,4)5)27(44-28(38)18-12-10-9-11-13-18)24-31(6,26(23)37)19(41-7)14-20-32(24,15-42-20)45-17(3)34/h9-13,19-20,23-25,27,36,40H,8,14-15H2,1-7H3/t19-,20+,23+,24-,25-,27-,31+,32-,33+/m0/s1. The molecule has 0 aromatic heterocycles. The average Bonchev–Trinajstić information content (AvgIpc) is 3.00. The first kappa shape index (κ1) is 34.2. The van der Waals surface area contributed by atoms with Crippen LogP contribution in [0.1, 0.15) is 58.3 Å². The zero-order valence-electron chi connectivity index (χ0n) is 26.9. The van der Waals surface area contributed by atoms with Crippen molar-refractivity contribution in [3.63, 3.8) is 0 Å². The number of aliphatic hydroxyl groups excluding tert-OH is 1. The first-order valence-corrected chi connectivity index (χ1v) is 16.2. The molecule has 0 unspecified atom stereocenters. The van der Waals surface area contributed by atoms with Gasteiger partial charge in [-0.2, -0.15) is 0 Å². The summed E-state index contributed by atoms with van der Waals surface area (Å²) >= 11 is 0.811. The molecule has 1 aromatic carbocycles. The lowest BCUT2D eigenvalue weighted by Crippen LogP contribution is -2.83. The molecule has 2 bridgehead atoms. The Kier molecular flexibility index (Phi) is 8.82. The molecule has 1 saturated heterocycles. The van der Waals surface area contributed by atoms with Crippen LogP contribution in [-0.2, 0) is 38.1 Å². The monoisotopic (exact) mass is 660 g/mol. The summed E-state index contributed by atoms with van der Waals surface area (Å²) in [4.78, 5) is 68.7. The van der Waals surface area contributed by atoms with Crippen LogP contribution in [-0.4, -0.2) is 100 Å². The predicted molar refractivity (Wildman–Crippen MR) is 163 cm³/mol. The van der Waals surface area contributed by atoms with Crippen LogP contribution >= 0.6 is 11.8 Å². The number of ether oxygens (including phenoxy) is 5. The maximum Gasteiger partial charge on any atom is 0.368 e. The van der Waals surface area contributed by atoms with Crippen LogP contribution in [0.3, 0.4) is 0 Å². The van der Waals surface area contributed by atoms with Crippen LogP contribution in [0, 0.1) is 16.7 Å². The molecule has 0 radical (unpaired) electrons. The lowest BCUT2D eigenvalue weighted by molar-refractivity contribution is -0.349. The quantitative estimate of drug-likeness (QED) is 0.337. The van der Waals surface area contributed by atoms with Crippen LogP contribution in [0.2, 0.25) is 0 Å². The van der Waals surface area contributed by atoms with E-state index < -0.39 is 87.3 Å². The number of methoxy groups -OCH3 is 1. The Morgan fingerprint density at radius 3 is 2.28 bits per heavy atom. The molecule has 1 aromatic rings. The number of Topliss-reactive ketones (excluding diaryl/α,β-unsaturated/α-hetero) is 2. The maximum absolute atomic E-state index is 15.2. The molecule has 1 heterocycles. The lowest BCUT2D eigenvalue weighted by Gasteiger charge is -2.67. The molecule has 46 heavy (non-hydrogen) atoms. The van der Waals surface area contributed by atoms with E-state index in [0.29, 0.717) is 5.75 Å². The van der Waals surface area contributed by atoms with E-state index in [0.717, 1.165) is 11.8 Å². The molecule has 0 amide bonds. The van der Waals surface area contributed by atoms with E-state index in [4.69, 9.17) is 23.7 Å². The van der Waals surface area contributed by atoms with Gasteiger partial charge in [0.15, 0.2) is 23.3 Å². The largest absolute Gasteiger partial charge is 0.455 e. The van der Waals surface area contributed by atoms with Crippen molar-refractivity contribution in [2.75, 3.05) is 19.5 Å². The summed E-state index contributed by atoms with van der Waals surface area (Å²) in [6.07, 6.45) is -7.58. The van der Waals surface area contributed by atoms with Crippen molar-refractivity contribution >= 4 is 40.6 Å². The Labute approximate surface area is 271 Å². The minimum Gasteiger partial charge on any atom is -0.455 e. The normalized spacial score (nSPS) is 37.9. The second-order valence-corrected chi connectivity index (χ2v) is 14.3. The number of carbonyl (C=O) groups is 5. The third kappa shape index (κ3) is 4.68. The minimum atomic E-state index is -2.65. The van der Waals surface area contributed by atoms with Gasteiger partial charge in [-0.3, -0.25) is 14.4 Å². The van der Waals surface area contributed by atoms with Crippen molar-refractivity contribution in [1.29, 1.82) is 0 Å². The van der Waals surface area contributed by atoms with Gasteiger partial charge in [0.25, 0.3) is 0 Å². The summed E-state index contributed by atoms with van der Waals surface area (Å²) in [5.41, 5.74) is -7.91. The van der Waals surface area contributed by atoms with Gasteiger partial charge in [-0.15, -0.1) is 0 Å². The molecule has 2 N–H and O–H groups in total. The van der Waals surface area contributed by atoms with Crippen molar-refractivity contribution in [2.45, 2.75) is 89.7 Å². The molecule has 4 aliphatic rings. The molecule has 250 valence electrons. The molecule has 1 aliphatic heterocycles. The van der Waals surface area contributed by atoms with Crippen molar-refractivity contribution in [3.8, 4) is 0 Å². The van der Waals surface area contributed by atoms with E-state index >= 15 is 4.79 Å². The summed E-state index contributed by atoms with van der Waals surface area (Å²) in [5.74, 6) is -4.45. The Bertz CT molecular complexity index is 1490. The number of fused-ring (bicyclic) bond motifs is 5. The van der Waals surface area contributed by atoms with Crippen LogP contribution in [0.25, 0.3) is 0 Å². The molecular weight excluding hydrogens is 620 g/mol. The number of carbonyl (C=O) groups excluding carboxylic acids is 5. The van der Waals surface area contributed by atoms with Gasteiger partial charge in [-0.05, 0) is 48.9 Å². The maximum atomic E-state index is 15.2. The number of aliphatic hydroxyl groups is 2. The highest BCUT2D eigenvalue weighted by Gasteiger charge is 2.80. The smallest absolute Gasteiger partial charge is 0.368 e. The highest BCUT2D eigenvalue weighted by molar-refractivity contribution is 8.13. The number of rotatable bonds is 6. The second kappa shape index (κ2) is 11.9.